The molecule has 1 atom stereocenters. The Morgan fingerprint density at radius 1 is 1.00 bits per heavy atom. The molecule has 6 nitrogen and oxygen atoms in total. The van der Waals surface area contributed by atoms with E-state index in [1.54, 1.807) is 6.92 Å². The molecule has 4 aromatic rings. The summed E-state index contributed by atoms with van der Waals surface area (Å²) in [6.07, 6.45) is 0.881. The molecule has 1 aromatic heterocycles. The molecular weight excluding hydrogens is 462 g/mol. The molecule has 182 valence electrons. The monoisotopic (exact) mass is 486 g/mol. The van der Waals surface area contributed by atoms with Crippen molar-refractivity contribution in [2.24, 2.45) is 0 Å². The minimum absolute atomic E-state index is 0.180. The lowest BCUT2D eigenvalue weighted by Gasteiger charge is -2.35. The maximum Gasteiger partial charge on any atom is 0.327 e. The molecule has 0 bridgehead atoms. The average molecular weight is 487 g/mol. The molecule has 36 heavy (non-hydrogen) atoms. The average Bonchev–Trinajstić information content (AvgIpc) is 3.36. The Kier molecular flexibility index (Phi) is 6.10. The highest BCUT2D eigenvalue weighted by molar-refractivity contribution is 6.01. The summed E-state index contributed by atoms with van der Waals surface area (Å²) in [6, 6.07) is 17.9. The van der Waals surface area contributed by atoms with Crippen molar-refractivity contribution in [1.29, 1.82) is 0 Å². The molecule has 3 aromatic carbocycles. The van der Waals surface area contributed by atoms with Crippen molar-refractivity contribution < 1.29 is 18.1 Å². The third kappa shape index (κ3) is 4.26. The molecule has 1 N–H and O–H groups in total. The van der Waals surface area contributed by atoms with Crippen LogP contribution in [0.2, 0.25) is 0 Å². The van der Waals surface area contributed by atoms with Crippen molar-refractivity contribution in [2.75, 3.05) is 4.90 Å². The van der Waals surface area contributed by atoms with Crippen molar-refractivity contribution in [3.05, 3.63) is 107 Å². The van der Waals surface area contributed by atoms with Gasteiger partial charge in [-0.15, -0.1) is 0 Å². The topological polar surface area (TPSA) is 71.3 Å². The summed E-state index contributed by atoms with van der Waals surface area (Å²) in [7, 11) is 0. The highest BCUT2D eigenvalue weighted by Crippen LogP contribution is 2.39. The largest absolute Gasteiger partial charge is 0.334 e. The summed E-state index contributed by atoms with van der Waals surface area (Å²) in [5.41, 5.74) is 5.05. The van der Waals surface area contributed by atoms with Crippen LogP contribution in [0.4, 0.5) is 19.3 Å². The zero-order valence-electron chi connectivity index (χ0n) is 20.0. The first-order valence-electron chi connectivity index (χ1n) is 11.6. The number of allylic oxidation sites excluding steroid dienone is 1. The van der Waals surface area contributed by atoms with Gasteiger partial charge in [-0.1, -0.05) is 60.1 Å². The van der Waals surface area contributed by atoms with E-state index in [0.717, 1.165) is 40.8 Å². The first-order chi connectivity index (χ1) is 17.4. The molecule has 0 radical (unpaired) electrons. The fourth-order valence-corrected chi connectivity index (χ4v) is 4.39. The zero-order valence-corrected chi connectivity index (χ0v) is 20.0. The Hall–Kier alpha value is -4.33. The second-order valence-electron chi connectivity index (χ2n) is 8.70. The molecule has 8 heteroatoms. The molecule has 1 aliphatic heterocycles. The fourth-order valence-electron chi connectivity index (χ4n) is 4.39. The molecule has 0 saturated carbocycles. The van der Waals surface area contributed by atoms with E-state index >= 15 is 0 Å². The van der Waals surface area contributed by atoms with Crippen molar-refractivity contribution >= 4 is 17.3 Å². The van der Waals surface area contributed by atoms with Gasteiger partial charge in [-0.3, -0.25) is 4.90 Å². The van der Waals surface area contributed by atoms with Gasteiger partial charge in [-0.05, 0) is 49.6 Å². The van der Waals surface area contributed by atoms with E-state index in [0.29, 0.717) is 17.1 Å². The lowest BCUT2D eigenvalue weighted by atomic mass is 9.93. The van der Waals surface area contributed by atoms with Gasteiger partial charge in [-0.25, -0.2) is 13.6 Å². The normalized spacial score (nSPS) is 15.9. The van der Waals surface area contributed by atoms with Crippen LogP contribution in [0.5, 0.6) is 0 Å². The predicted octanol–water partition coefficient (Wildman–Crippen LogP) is 6.59. The van der Waals surface area contributed by atoms with Crippen LogP contribution >= 0.6 is 0 Å². The molecule has 0 aliphatic carbocycles. The van der Waals surface area contributed by atoms with E-state index < -0.39 is 23.7 Å². The molecule has 5 rings (SSSR count). The SMILES string of the molecule is CCc1ccc(C2NC(=O)N(c3ccc(F)c(F)c3)C(C)=C2c2nc(-c3cccc(C)c3)no2)cc1. The van der Waals surface area contributed by atoms with Crippen LogP contribution < -0.4 is 10.2 Å². The summed E-state index contributed by atoms with van der Waals surface area (Å²) >= 11 is 0. The van der Waals surface area contributed by atoms with E-state index in [1.165, 1.54) is 11.0 Å². The van der Waals surface area contributed by atoms with Gasteiger partial charge >= 0.3 is 6.03 Å². The molecular formula is C28H24F2N4O2. The molecule has 1 aliphatic rings. The van der Waals surface area contributed by atoms with Crippen LogP contribution in [0, 0.1) is 18.6 Å². The van der Waals surface area contributed by atoms with Gasteiger partial charge in [0.25, 0.3) is 5.89 Å². The Bertz CT molecular complexity index is 1480. The highest BCUT2D eigenvalue weighted by atomic mass is 19.2. The maximum atomic E-state index is 14.1. The third-order valence-corrected chi connectivity index (χ3v) is 6.30. The van der Waals surface area contributed by atoms with E-state index in [9.17, 15) is 13.6 Å². The Labute approximate surface area is 207 Å². The molecule has 0 fully saturated rings. The number of amides is 2. The number of nitrogens with one attached hydrogen (secondary N) is 1. The van der Waals surface area contributed by atoms with Crippen LogP contribution in [0.25, 0.3) is 17.0 Å². The third-order valence-electron chi connectivity index (χ3n) is 6.30. The van der Waals surface area contributed by atoms with Crippen LogP contribution in [-0.4, -0.2) is 16.2 Å². The van der Waals surface area contributed by atoms with E-state index in [-0.39, 0.29) is 11.6 Å². The Morgan fingerprint density at radius 3 is 2.47 bits per heavy atom. The summed E-state index contributed by atoms with van der Waals surface area (Å²) in [6.45, 7) is 5.76. The number of urea groups is 1. The molecule has 1 unspecified atom stereocenters. The number of anilines is 1. The van der Waals surface area contributed by atoms with E-state index in [4.69, 9.17) is 4.52 Å². The number of nitrogens with zero attached hydrogens (tertiary/aromatic N) is 3. The Morgan fingerprint density at radius 2 is 1.78 bits per heavy atom. The molecule has 0 spiro atoms. The first kappa shape index (κ1) is 23.4. The number of rotatable bonds is 5. The van der Waals surface area contributed by atoms with Gasteiger partial charge in [0.1, 0.15) is 0 Å². The lowest BCUT2D eigenvalue weighted by molar-refractivity contribution is 0.244. The number of hydrogen-bond acceptors (Lipinski definition) is 4. The summed E-state index contributed by atoms with van der Waals surface area (Å²) in [5.74, 6) is -1.41. The standard InChI is InChI=1S/C28H24F2N4O2/c1-4-18-8-10-19(11-9-18)25-24(27-32-26(33-36-27)20-7-5-6-16(2)14-20)17(3)34(28(35)31-25)21-12-13-22(29)23(30)15-21/h5-15,25H,4H2,1-3H3,(H,31,35). The number of carbonyl (C=O) groups excluding carboxylic acids is 1. The Balaban J connectivity index is 1.65. The number of aromatic nitrogens is 2. The smallest absolute Gasteiger partial charge is 0.327 e. The van der Waals surface area contributed by atoms with Crippen molar-refractivity contribution in [2.45, 2.75) is 33.2 Å². The predicted molar refractivity (Wildman–Crippen MR) is 133 cm³/mol. The number of benzene rings is 3. The number of hydrogen-bond donors (Lipinski definition) is 1. The van der Waals surface area contributed by atoms with Crippen LogP contribution in [0.1, 0.15) is 42.5 Å². The quantitative estimate of drug-likeness (QED) is 0.346. The second kappa shape index (κ2) is 9.37. The molecule has 2 heterocycles. The molecule has 0 saturated heterocycles. The van der Waals surface area contributed by atoms with E-state index in [1.807, 2.05) is 55.5 Å². The van der Waals surface area contributed by atoms with Crippen molar-refractivity contribution in [1.82, 2.24) is 15.5 Å². The summed E-state index contributed by atoms with van der Waals surface area (Å²) in [5, 5.41) is 7.15. The van der Waals surface area contributed by atoms with Gasteiger partial charge < -0.3 is 9.84 Å². The minimum atomic E-state index is -1.05. The van der Waals surface area contributed by atoms with Gasteiger partial charge in [0.15, 0.2) is 11.6 Å². The summed E-state index contributed by atoms with van der Waals surface area (Å²) in [4.78, 5) is 19.2. The first-order valence-corrected chi connectivity index (χ1v) is 11.6. The number of halogens is 2. The number of aryl methyl sites for hydroxylation is 2. The zero-order chi connectivity index (χ0) is 25.4. The fraction of sp³-hybridized carbons (Fsp3) is 0.179. The maximum absolute atomic E-state index is 14.1. The van der Waals surface area contributed by atoms with Crippen molar-refractivity contribution in [3.8, 4) is 11.4 Å². The van der Waals surface area contributed by atoms with Gasteiger partial charge in [0.05, 0.1) is 17.3 Å². The highest BCUT2D eigenvalue weighted by Gasteiger charge is 2.36. The minimum Gasteiger partial charge on any atom is -0.334 e. The lowest BCUT2D eigenvalue weighted by Crippen LogP contribution is -2.46. The van der Waals surface area contributed by atoms with Gasteiger partial charge in [0.2, 0.25) is 5.82 Å². The van der Waals surface area contributed by atoms with Gasteiger partial charge in [-0.2, -0.15) is 4.98 Å². The van der Waals surface area contributed by atoms with Crippen molar-refractivity contribution in [3.63, 3.8) is 0 Å². The molecule has 2 amide bonds. The second-order valence-corrected chi connectivity index (χ2v) is 8.70. The summed E-state index contributed by atoms with van der Waals surface area (Å²) < 4.78 is 33.4. The van der Waals surface area contributed by atoms with Gasteiger partial charge in [0, 0.05) is 17.3 Å². The van der Waals surface area contributed by atoms with Crippen LogP contribution in [0.15, 0.2) is 77.0 Å². The van der Waals surface area contributed by atoms with Crippen LogP contribution in [-0.2, 0) is 6.42 Å². The number of carbonyl (C=O) groups is 1. The van der Waals surface area contributed by atoms with Crippen LogP contribution in [0.3, 0.4) is 0 Å². The van der Waals surface area contributed by atoms with E-state index in [2.05, 4.69) is 22.4 Å².